The van der Waals surface area contributed by atoms with E-state index in [0.29, 0.717) is 0 Å². The molecule has 74 valence electrons. The highest BCUT2D eigenvalue weighted by Crippen LogP contribution is 2.10. The molecule has 3 nitrogen and oxygen atoms in total. The third-order valence-electron chi connectivity index (χ3n) is 2.33. The topological polar surface area (TPSA) is 41.1 Å². The maximum absolute atomic E-state index is 11.0. The number of hydrogen-bond acceptors (Lipinski definition) is 2. The molecule has 0 aromatic heterocycles. The highest BCUT2D eigenvalue weighted by molar-refractivity contribution is 5.87. The van der Waals surface area contributed by atoms with E-state index >= 15 is 0 Å². The van der Waals surface area contributed by atoms with Crippen LogP contribution in [0.2, 0.25) is 0 Å². The maximum Gasteiger partial charge on any atom is 0.243 e. The maximum atomic E-state index is 11.0. The fourth-order valence-corrected chi connectivity index (χ4v) is 1.57. The van der Waals surface area contributed by atoms with Crippen LogP contribution in [0.5, 0.6) is 0 Å². The smallest absolute Gasteiger partial charge is 0.243 e. The first-order valence-electron chi connectivity index (χ1n) is 4.94. The van der Waals surface area contributed by atoms with Crippen molar-refractivity contribution in [3.63, 3.8) is 0 Å². The lowest BCUT2D eigenvalue weighted by Crippen LogP contribution is -2.24. The molecule has 1 saturated heterocycles. The van der Waals surface area contributed by atoms with Crippen molar-refractivity contribution in [1.29, 1.82) is 0 Å². The van der Waals surface area contributed by atoms with E-state index in [2.05, 4.69) is 10.6 Å². The number of rotatable bonds is 4. The molecule has 1 rings (SSSR count). The third kappa shape index (κ3) is 4.08. The Bertz CT molecular complexity index is 183. The molecule has 0 aliphatic carbocycles. The quantitative estimate of drug-likeness (QED) is 0.628. The van der Waals surface area contributed by atoms with Crippen LogP contribution in [-0.2, 0) is 4.79 Å². The summed E-state index contributed by atoms with van der Waals surface area (Å²) in [5.74, 6) is 0.777. The van der Waals surface area contributed by atoms with Gasteiger partial charge in [0.1, 0.15) is 0 Å². The molecule has 13 heavy (non-hydrogen) atoms. The van der Waals surface area contributed by atoms with Gasteiger partial charge in [-0.1, -0.05) is 6.08 Å². The molecule has 0 aromatic carbocycles. The van der Waals surface area contributed by atoms with Gasteiger partial charge in [0.25, 0.3) is 0 Å². The number of nitrogens with one attached hydrogen (secondary N) is 2. The van der Waals surface area contributed by atoms with Crippen LogP contribution in [0.4, 0.5) is 0 Å². The molecular weight excluding hydrogens is 164 g/mol. The van der Waals surface area contributed by atoms with Gasteiger partial charge < -0.3 is 10.6 Å². The average Bonchev–Trinajstić information content (AvgIpc) is 2.57. The molecule has 2 N–H and O–H groups in total. The van der Waals surface area contributed by atoms with Crippen LogP contribution in [-0.4, -0.2) is 25.5 Å². The Kier molecular flexibility index (Phi) is 4.54. The lowest BCUT2D eigenvalue weighted by Gasteiger charge is -2.07. The Labute approximate surface area is 79.6 Å². The van der Waals surface area contributed by atoms with Crippen LogP contribution in [0.25, 0.3) is 0 Å². The van der Waals surface area contributed by atoms with E-state index in [4.69, 9.17) is 0 Å². The van der Waals surface area contributed by atoms with E-state index < -0.39 is 0 Å². The van der Waals surface area contributed by atoms with Gasteiger partial charge in [0, 0.05) is 6.54 Å². The van der Waals surface area contributed by atoms with Crippen molar-refractivity contribution in [3.8, 4) is 0 Å². The first kappa shape index (κ1) is 10.3. The molecule has 0 bridgehead atoms. The molecule has 0 aromatic rings. The molecule has 1 heterocycles. The summed E-state index contributed by atoms with van der Waals surface area (Å²) in [6.07, 6.45) is 5.66. The minimum atomic E-state index is 0.0217. The first-order valence-corrected chi connectivity index (χ1v) is 4.94. The predicted octanol–water partition coefficient (Wildman–Crippen LogP) is 0.678. The summed E-state index contributed by atoms with van der Waals surface area (Å²) in [6, 6.07) is 0. The summed E-state index contributed by atoms with van der Waals surface area (Å²) in [4.78, 5) is 11.0. The Balaban J connectivity index is 2.02. The van der Waals surface area contributed by atoms with Crippen molar-refractivity contribution in [1.82, 2.24) is 10.6 Å². The lowest BCUT2D eigenvalue weighted by atomic mass is 10.1. The van der Waals surface area contributed by atoms with Gasteiger partial charge in [-0.05, 0) is 44.8 Å². The van der Waals surface area contributed by atoms with Gasteiger partial charge in [0.2, 0.25) is 5.91 Å². The summed E-state index contributed by atoms with van der Waals surface area (Å²) in [5, 5.41) is 6.17. The third-order valence-corrected chi connectivity index (χ3v) is 2.33. The fourth-order valence-electron chi connectivity index (χ4n) is 1.57. The summed E-state index contributed by atoms with van der Waals surface area (Å²) in [6.45, 7) is 4.89. The number of allylic oxidation sites excluding steroid dienone is 1. The van der Waals surface area contributed by atoms with Gasteiger partial charge in [0.15, 0.2) is 0 Å². The van der Waals surface area contributed by atoms with Gasteiger partial charge in [-0.2, -0.15) is 0 Å². The second kappa shape index (κ2) is 5.75. The van der Waals surface area contributed by atoms with Crippen LogP contribution >= 0.6 is 0 Å². The minimum absolute atomic E-state index is 0.0217. The molecule has 1 amide bonds. The van der Waals surface area contributed by atoms with E-state index in [-0.39, 0.29) is 5.91 Å². The Morgan fingerprint density at radius 2 is 2.54 bits per heavy atom. The number of amides is 1. The summed E-state index contributed by atoms with van der Waals surface area (Å²) < 4.78 is 0. The normalized spacial score (nSPS) is 22.4. The number of carbonyl (C=O) groups excluding carboxylic acids is 1. The Morgan fingerprint density at radius 1 is 1.69 bits per heavy atom. The molecule has 0 saturated carbocycles. The Morgan fingerprint density at radius 3 is 3.15 bits per heavy atom. The minimum Gasteiger partial charge on any atom is -0.353 e. The SMILES string of the molecule is CC=CC(=O)NCCC1CCNC1. The zero-order valence-corrected chi connectivity index (χ0v) is 8.18. The highest BCUT2D eigenvalue weighted by Gasteiger charge is 2.13. The highest BCUT2D eigenvalue weighted by atomic mass is 16.1. The molecule has 1 aliphatic heterocycles. The van der Waals surface area contributed by atoms with Crippen LogP contribution in [0.3, 0.4) is 0 Å². The zero-order valence-electron chi connectivity index (χ0n) is 8.18. The van der Waals surface area contributed by atoms with Crippen LogP contribution in [0, 0.1) is 5.92 Å². The largest absolute Gasteiger partial charge is 0.353 e. The average molecular weight is 182 g/mol. The van der Waals surface area contributed by atoms with Gasteiger partial charge in [0.05, 0.1) is 0 Å². The van der Waals surface area contributed by atoms with Crippen molar-refractivity contribution in [3.05, 3.63) is 12.2 Å². The number of hydrogen-bond donors (Lipinski definition) is 2. The van der Waals surface area contributed by atoms with E-state index in [9.17, 15) is 4.79 Å². The van der Waals surface area contributed by atoms with Gasteiger partial charge in [-0.3, -0.25) is 4.79 Å². The van der Waals surface area contributed by atoms with Crippen molar-refractivity contribution in [2.24, 2.45) is 5.92 Å². The second-order valence-corrected chi connectivity index (χ2v) is 3.44. The molecule has 0 spiro atoms. The number of carbonyl (C=O) groups is 1. The Hall–Kier alpha value is -0.830. The molecule has 3 heteroatoms. The van der Waals surface area contributed by atoms with Crippen molar-refractivity contribution in [2.45, 2.75) is 19.8 Å². The van der Waals surface area contributed by atoms with E-state index in [1.807, 2.05) is 6.92 Å². The van der Waals surface area contributed by atoms with E-state index in [1.54, 1.807) is 12.2 Å². The van der Waals surface area contributed by atoms with Gasteiger partial charge in [-0.25, -0.2) is 0 Å². The van der Waals surface area contributed by atoms with Crippen molar-refractivity contribution >= 4 is 5.91 Å². The van der Waals surface area contributed by atoms with Crippen LogP contribution < -0.4 is 10.6 Å². The second-order valence-electron chi connectivity index (χ2n) is 3.44. The van der Waals surface area contributed by atoms with Crippen molar-refractivity contribution < 1.29 is 4.79 Å². The molecule has 1 aliphatic rings. The van der Waals surface area contributed by atoms with E-state index in [1.165, 1.54) is 6.42 Å². The summed E-state index contributed by atoms with van der Waals surface area (Å²) >= 11 is 0. The summed E-state index contributed by atoms with van der Waals surface area (Å²) in [5.41, 5.74) is 0. The molecule has 0 radical (unpaired) electrons. The summed E-state index contributed by atoms with van der Waals surface area (Å²) in [7, 11) is 0. The predicted molar refractivity (Wildman–Crippen MR) is 53.4 cm³/mol. The van der Waals surface area contributed by atoms with Crippen LogP contribution in [0.1, 0.15) is 19.8 Å². The van der Waals surface area contributed by atoms with Crippen LogP contribution in [0.15, 0.2) is 12.2 Å². The van der Waals surface area contributed by atoms with E-state index in [0.717, 1.165) is 32.0 Å². The monoisotopic (exact) mass is 182 g/mol. The lowest BCUT2D eigenvalue weighted by molar-refractivity contribution is -0.116. The standard InChI is InChI=1S/C10H18N2O/c1-2-3-10(13)12-7-5-9-4-6-11-8-9/h2-3,9,11H,4-8H2,1H3,(H,12,13). The first-order chi connectivity index (χ1) is 6.33. The van der Waals surface area contributed by atoms with Crippen molar-refractivity contribution in [2.75, 3.05) is 19.6 Å². The zero-order chi connectivity index (χ0) is 9.52. The molecule has 1 unspecified atom stereocenters. The molecular formula is C10H18N2O. The van der Waals surface area contributed by atoms with Gasteiger partial charge in [-0.15, -0.1) is 0 Å². The molecule has 1 atom stereocenters. The van der Waals surface area contributed by atoms with Gasteiger partial charge >= 0.3 is 0 Å². The fraction of sp³-hybridized carbons (Fsp3) is 0.700. The molecule has 1 fully saturated rings.